The van der Waals surface area contributed by atoms with Crippen LogP contribution in [0.4, 0.5) is 5.82 Å². The van der Waals surface area contributed by atoms with Crippen molar-refractivity contribution >= 4 is 11.5 Å². The highest BCUT2D eigenvalue weighted by molar-refractivity contribution is 6.04. The van der Waals surface area contributed by atoms with Gasteiger partial charge in [0.25, 0.3) is 0 Å². The molecular weight excluding hydrogens is 198 g/mol. The van der Waals surface area contributed by atoms with Gasteiger partial charge in [0.1, 0.15) is 5.82 Å². The number of aromatic nitrogens is 1. The summed E-state index contributed by atoms with van der Waals surface area (Å²) < 4.78 is 0. The van der Waals surface area contributed by atoms with Crippen LogP contribution in [0.15, 0.2) is 47.2 Å². The first kappa shape index (κ1) is 10.6. The summed E-state index contributed by atoms with van der Waals surface area (Å²) in [6, 6.07) is 3.99. The van der Waals surface area contributed by atoms with Gasteiger partial charge in [0, 0.05) is 25.2 Å². The van der Waals surface area contributed by atoms with Gasteiger partial charge in [0.05, 0.1) is 11.4 Å². The van der Waals surface area contributed by atoms with Crippen molar-refractivity contribution < 1.29 is 0 Å². The van der Waals surface area contributed by atoms with Gasteiger partial charge >= 0.3 is 0 Å². The van der Waals surface area contributed by atoms with Crippen molar-refractivity contribution in [2.75, 3.05) is 12.4 Å². The van der Waals surface area contributed by atoms with Crippen molar-refractivity contribution in [2.24, 2.45) is 4.99 Å². The quantitative estimate of drug-likeness (QED) is 0.838. The molecule has 0 unspecified atom stereocenters. The molecule has 1 aliphatic heterocycles. The number of rotatable bonds is 3. The van der Waals surface area contributed by atoms with E-state index in [4.69, 9.17) is 0 Å². The van der Waals surface area contributed by atoms with Crippen LogP contribution in [0.3, 0.4) is 0 Å². The van der Waals surface area contributed by atoms with Gasteiger partial charge in [-0.25, -0.2) is 4.98 Å². The Hall–Kier alpha value is -1.90. The lowest BCUT2D eigenvalue weighted by Crippen LogP contribution is -1.99. The first-order valence-corrected chi connectivity index (χ1v) is 5.28. The van der Waals surface area contributed by atoms with E-state index in [1.807, 2.05) is 26.1 Å². The van der Waals surface area contributed by atoms with E-state index in [-0.39, 0.29) is 0 Å². The summed E-state index contributed by atoms with van der Waals surface area (Å²) in [5.41, 5.74) is 4.21. The Balaban J connectivity index is 2.27. The van der Waals surface area contributed by atoms with Gasteiger partial charge in [-0.2, -0.15) is 0 Å². The molecule has 1 N–H and O–H groups in total. The summed E-state index contributed by atoms with van der Waals surface area (Å²) >= 11 is 0. The van der Waals surface area contributed by atoms with Crippen LogP contribution >= 0.6 is 0 Å². The summed E-state index contributed by atoms with van der Waals surface area (Å²) in [6.07, 6.45) is 4.77. The van der Waals surface area contributed by atoms with Crippen molar-refractivity contribution in [3.63, 3.8) is 0 Å². The third-order valence-electron chi connectivity index (χ3n) is 2.53. The van der Waals surface area contributed by atoms with Gasteiger partial charge in [-0.3, -0.25) is 4.99 Å². The van der Waals surface area contributed by atoms with Crippen LogP contribution in [0.25, 0.3) is 0 Å². The molecule has 0 atom stereocenters. The van der Waals surface area contributed by atoms with Crippen LogP contribution in [-0.2, 0) is 0 Å². The summed E-state index contributed by atoms with van der Waals surface area (Å²) in [6.45, 7) is 5.87. The molecule has 1 aliphatic rings. The maximum Gasteiger partial charge on any atom is 0.126 e. The van der Waals surface area contributed by atoms with Gasteiger partial charge in [-0.05, 0) is 24.6 Å². The second kappa shape index (κ2) is 4.31. The van der Waals surface area contributed by atoms with Crippen LogP contribution in [-0.4, -0.2) is 17.7 Å². The molecule has 0 aromatic carbocycles. The van der Waals surface area contributed by atoms with Gasteiger partial charge in [-0.1, -0.05) is 12.7 Å². The van der Waals surface area contributed by atoms with Crippen molar-refractivity contribution in [3.8, 4) is 0 Å². The highest BCUT2D eigenvalue weighted by atomic mass is 14.9. The lowest BCUT2D eigenvalue weighted by atomic mass is 10.1. The summed E-state index contributed by atoms with van der Waals surface area (Å²) in [7, 11) is 1.86. The van der Waals surface area contributed by atoms with Crippen LogP contribution < -0.4 is 5.32 Å². The van der Waals surface area contributed by atoms with E-state index < -0.39 is 0 Å². The number of pyridine rings is 1. The van der Waals surface area contributed by atoms with E-state index in [0.717, 1.165) is 34.8 Å². The summed E-state index contributed by atoms with van der Waals surface area (Å²) in [5.74, 6) is 0.865. The summed E-state index contributed by atoms with van der Waals surface area (Å²) in [4.78, 5) is 8.74. The smallest absolute Gasteiger partial charge is 0.126 e. The minimum absolute atomic E-state index is 0.865. The fourth-order valence-corrected chi connectivity index (χ4v) is 1.63. The molecule has 0 fully saturated rings. The number of allylic oxidation sites excluding steroid dienone is 2. The second-order valence-corrected chi connectivity index (χ2v) is 3.81. The highest BCUT2D eigenvalue weighted by Crippen LogP contribution is 2.21. The number of aliphatic imine (C=N–C) groups is 1. The number of nitrogens with zero attached hydrogens (tertiary/aromatic N) is 2. The molecule has 0 bridgehead atoms. The molecule has 82 valence electrons. The molecule has 2 rings (SSSR count). The zero-order chi connectivity index (χ0) is 11.5. The van der Waals surface area contributed by atoms with Crippen molar-refractivity contribution in [1.29, 1.82) is 0 Å². The van der Waals surface area contributed by atoms with Crippen LogP contribution in [0.2, 0.25) is 0 Å². The molecular formula is C13H15N3. The van der Waals surface area contributed by atoms with E-state index in [0.29, 0.717) is 0 Å². The number of anilines is 1. The van der Waals surface area contributed by atoms with Crippen LogP contribution in [0.1, 0.15) is 18.9 Å². The van der Waals surface area contributed by atoms with Crippen molar-refractivity contribution in [1.82, 2.24) is 4.98 Å². The molecule has 1 aromatic heterocycles. The Labute approximate surface area is 95.6 Å². The zero-order valence-electron chi connectivity index (χ0n) is 9.62. The maximum atomic E-state index is 4.56. The van der Waals surface area contributed by atoms with Gasteiger partial charge < -0.3 is 5.32 Å². The Kier molecular flexibility index (Phi) is 2.86. The van der Waals surface area contributed by atoms with E-state index in [9.17, 15) is 0 Å². The predicted octanol–water partition coefficient (Wildman–Crippen LogP) is 2.78. The molecule has 0 saturated heterocycles. The Bertz CT molecular complexity index is 484. The van der Waals surface area contributed by atoms with E-state index >= 15 is 0 Å². The fraction of sp³-hybridized carbons (Fsp3) is 0.231. The van der Waals surface area contributed by atoms with Crippen LogP contribution in [0, 0.1) is 0 Å². The highest BCUT2D eigenvalue weighted by Gasteiger charge is 2.11. The molecule has 0 aliphatic carbocycles. The molecule has 0 radical (unpaired) electrons. The Morgan fingerprint density at radius 3 is 2.94 bits per heavy atom. The van der Waals surface area contributed by atoms with E-state index in [1.165, 1.54) is 0 Å². The minimum Gasteiger partial charge on any atom is -0.373 e. The largest absolute Gasteiger partial charge is 0.373 e. The molecule has 1 aromatic rings. The predicted molar refractivity (Wildman–Crippen MR) is 67.8 cm³/mol. The summed E-state index contributed by atoms with van der Waals surface area (Å²) in [5, 5.41) is 3.02. The monoisotopic (exact) mass is 213 g/mol. The average molecular weight is 213 g/mol. The number of nitrogens with one attached hydrogen (secondary N) is 1. The lowest BCUT2D eigenvalue weighted by molar-refractivity contribution is 1.27. The Morgan fingerprint density at radius 1 is 1.50 bits per heavy atom. The number of hydrogen-bond acceptors (Lipinski definition) is 3. The van der Waals surface area contributed by atoms with Gasteiger partial charge in [0.2, 0.25) is 0 Å². The first-order valence-electron chi connectivity index (χ1n) is 5.28. The molecule has 16 heavy (non-hydrogen) atoms. The standard InChI is InChI=1S/C13H15N3/c1-9(2)11-4-5-12(16-11)10-6-7-15-13(8-10)14-3/h4,6-8H,1,5H2,2-3H3,(H,14,15). The molecule has 0 amide bonds. The third kappa shape index (κ3) is 2.03. The fourth-order valence-electron chi connectivity index (χ4n) is 1.63. The van der Waals surface area contributed by atoms with Crippen LogP contribution in [0.5, 0.6) is 0 Å². The first-order chi connectivity index (χ1) is 7.70. The molecule has 0 saturated carbocycles. The zero-order valence-corrected chi connectivity index (χ0v) is 9.62. The molecule has 2 heterocycles. The SMILES string of the molecule is C=C(C)C1=CCC(c2ccnc(NC)c2)=N1. The third-order valence-corrected chi connectivity index (χ3v) is 2.53. The second-order valence-electron chi connectivity index (χ2n) is 3.81. The maximum absolute atomic E-state index is 4.56. The van der Waals surface area contributed by atoms with Crippen molar-refractivity contribution in [2.45, 2.75) is 13.3 Å². The molecule has 3 heteroatoms. The molecule has 0 spiro atoms. The van der Waals surface area contributed by atoms with E-state index in [1.54, 1.807) is 6.20 Å². The molecule has 3 nitrogen and oxygen atoms in total. The number of hydrogen-bond donors (Lipinski definition) is 1. The average Bonchev–Trinajstić information content (AvgIpc) is 2.78. The Morgan fingerprint density at radius 2 is 2.31 bits per heavy atom. The van der Waals surface area contributed by atoms with Crippen molar-refractivity contribution in [3.05, 3.63) is 47.8 Å². The van der Waals surface area contributed by atoms with Gasteiger partial charge in [0.15, 0.2) is 0 Å². The van der Waals surface area contributed by atoms with E-state index in [2.05, 4.69) is 27.9 Å². The topological polar surface area (TPSA) is 37.3 Å². The van der Waals surface area contributed by atoms with Gasteiger partial charge in [-0.15, -0.1) is 0 Å². The normalized spacial score (nSPS) is 14.4. The lowest BCUT2D eigenvalue weighted by Gasteiger charge is -2.03. The minimum atomic E-state index is 0.865.